The third-order valence-corrected chi connectivity index (χ3v) is 3.03. The molecule has 0 heterocycles. The molecule has 0 aliphatic carbocycles. The van der Waals surface area contributed by atoms with Crippen LogP contribution in [0.15, 0.2) is 48.5 Å². The standard InChI is InChI=1S/C16H15ClFNO2/c17-13-4-2-6-15(10-13)21-11-16(20)19-8-7-12-3-1-5-14(18)9-12/h1-6,9-10H,7-8,11H2,(H,19,20). The third kappa shape index (κ3) is 5.44. The first kappa shape index (κ1) is 15.3. The quantitative estimate of drug-likeness (QED) is 0.890. The lowest BCUT2D eigenvalue weighted by Gasteiger charge is -2.08. The molecule has 21 heavy (non-hydrogen) atoms. The van der Waals surface area contributed by atoms with Gasteiger partial charge in [-0.05, 0) is 42.3 Å². The second-order valence-electron chi connectivity index (χ2n) is 4.48. The van der Waals surface area contributed by atoms with Gasteiger partial charge in [-0.3, -0.25) is 4.79 Å². The zero-order valence-electron chi connectivity index (χ0n) is 11.3. The molecule has 1 amide bonds. The Morgan fingerprint density at radius 3 is 2.76 bits per heavy atom. The molecule has 0 aliphatic heterocycles. The number of benzene rings is 2. The predicted molar refractivity (Wildman–Crippen MR) is 80.1 cm³/mol. The maximum Gasteiger partial charge on any atom is 0.257 e. The van der Waals surface area contributed by atoms with Crippen LogP contribution in [-0.4, -0.2) is 19.1 Å². The van der Waals surface area contributed by atoms with Crippen molar-refractivity contribution in [3.8, 4) is 5.75 Å². The molecule has 1 N–H and O–H groups in total. The average Bonchev–Trinajstić information content (AvgIpc) is 2.45. The largest absolute Gasteiger partial charge is 0.484 e. The Morgan fingerprint density at radius 1 is 1.19 bits per heavy atom. The summed E-state index contributed by atoms with van der Waals surface area (Å²) in [5.41, 5.74) is 0.839. The molecule has 0 radical (unpaired) electrons. The molecule has 0 saturated carbocycles. The van der Waals surface area contributed by atoms with Crippen molar-refractivity contribution in [2.75, 3.05) is 13.2 Å². The molecule has 5 heteroatoms. The van der Waals surface area contributed by atoms with E-state index in [1.165, 1.54) is 12.1 Å². The summed E-state index contributed by atoms with van der Waals surface area (Å²) in [4.78, 5) is 11.6. The molecule has 2 rings (SSSR count). The lowest BCUT2D eigenvalue weighted by molar-refractivity contribution is -0.123. The first-order valence-electron chi connectivity index (χ1n) is 6.53. The zero-order valence-corrected chi connectivity index (χ0v) is 12.1. The number of rotatable bonds is 6. The van der Waals surface area contributed by atoms with Crippen LogP contribution in [0.5, 0.6) is 5.75 Å². The summed E-state index contributed by atoms with van der Waals surface area (Å²) in [6, 6.07) is 13.2. The third-order valence-electron chi connectivity index (χ3n) is 2.79. The molecule has 3 nitrogen and oxygen atoms in total. The summed E-state index contributed by atoms with van der Waals surface area (Å²) < 4.78 is 18.3. The Morgan fingerprint density at radius 2 is 2.00 bits per heavy atom. The summed E-state index contributed by atoms with van der Waals surface area (Å²) in [7, 11) is 0. The molecule has 0 unspecified atom stereocenters. The molecule has 0 bridgehead atoms. The van der Waals surface area contributed by atoms with Crippen LogP contribution in [0.4, 0.5) is 4.39 Å². The number of hydrogen-bond donors (Lipinski definition) is 1. The highest BCUT2D eigenvalue weighted by Gasteiger charge is 2.03. The highest BCUT2D eigenvalue weighted by Crippen LogP contribution is 2.16. The highest BCUT2D eigenvalue weighted by molar-refractivity contribution is 6.30. The Kier molecular flexibility index (Phi) is 5.58. The number of carbonyl (C=O) groups excluding carboxylic acids is 1. The fourth-order valence-corrected chi connectivity index (χ4v) is 1.98. The maximum atomic E-state index is 13.0. The Balaban J connectivity index is 1.70. The number of hydrogen-bond acceptors (Lipinski definition) is 2. The Hall–Kier alpha value is -2.07. The van der Waals surface area contributed by atoms with Gasteiger partial charge in [0.15, 0.2) is 6.61 Å². The van der Waals surface area contributed by atoms with Crippen LogP contribution in [0.1, 0.15) is 5.56 Å². The van der Waals surface area contributed by atoms with Crippen LogP contribution in [0.25, 0.3) is 0 Å². The van der Waals surface area contributed by atoms with Crippen molar-refractivity contribution in [1.82, 2.24) is 5.32 Å². The minimum Gasteiger partial charge on any atom is -0.484 e. The summed E-state index contributed by atoms with van der Waals surface area (Å²) in [5, 5.41) is 3.27. The maximum absolute atomic E-state index is 13.0. The zero-order chi connectivity index (χ0) is 15.1. The number of halogens is 2. The fraction of sp³-hybridized carbons (Fsp3) is 0.188. The van der Waals surface area contributed by atoms with E-state index in [0.717, 1.165) is 5.56 Å². The van der Waals surface area contributed by atoms with Crippen LogP contribution < -0.4 is 10.1 Å². The molecule has 0 fully saturated rings. The number of nitrogens with one attached hydrogen (secondary N) is 1. The number of amides is 1. The van der Waals surface area contributed by atoms with E-state index in [-0.39, 0.29) is 18.3 Å². The van der Waals surface area contributed by atoms with Crippen molar-refractivity contribution >= 4 is 17.5 Å². The lowest BCUT2D eigenvalue weighted by Crippen LogP contribution is -2.30. The van der Waals surface area contributed by atoms with Gasteiger partial charge in [-0.2, -0.15) is 0 Å². The van der Waals surface area contributed by atoms with Gasteiger partial charge in [-0.1, -0.05) is 29.8 Å². The molecule has 0 saturated heterocycles. The fourth-order valence-electron chi connectivity index (χ4n) is 1.80. The second-order valence-corrected chi connectivity index (χ2v) is 4.91. The van der Waals surface area contributed by atoms with Crippen molar-refractivity contribution in [3.63, 3.8) is 0 Å². The van der Waals surface area contributed by atoms with E-state index in [9.17, 15) is 9.18 Å². The molecule has 110 valence electrons. The minimum absolute atomic E-state index is 0.0799. The van der Waals surface area contributed by atoms with Gasteiger partial charge in [-0.15, -0.1) is 0 Å². The van der Waals surface area contributed by atoms with Gasteiger partial charge in [-0.25, -0.2) is 4.39 Å². The molecule has 0 aromatic heterocycles. The van der Waals surface area contributed by atoms with Crippen molar-refractivity contribution in [1.29, 1.82) is 0 Å². The van der Waals surface area contributed by atoms with Crippen LogP contribution in [0.2, 0.25) is 5.02 Å². The van der Waals surface area contributed by atoms with Crippen molar-refractivity contribution in [2.45, 2.75) is 6.42 Å². The van der Waals surface area contributed by atoms with E-state index >= 15 is 0 Å². The van der Waals surface area contributed by atoms with Crippen molar-refractivity contribution < 1.29 is 13.9 Å². The van der Waals surface area contributed by atoms with Crippen LogP contribution in [0.3, 0.4) is 0 Å². The highest BCUT2D eigenvalue weighted by atomic mass is 35.5. The lowest BCUT2D eigenvalue weighted by atomic mass is 10.1. The monoisotopic (exact) mass is 307 g/mol. The summed E-state index contributed by atoms with van der Waals surface area (Å²) in [5.74, 6) is 0.0391. The number of ether oxygens (including phenoxy) is 1. The van der Waals surface area contributed by atoms with Crippen LogP contribution in [-0.2, 0) is 11.2 Å². The minimum atomic E-state index is -0.275. The first-order chi connectivity index (χ1) is 10.1. The van der Waals surface area contributed by atoms with E-state index in [0.29, 0.717) is 23.7 Å². The topological polar surface area (TPSA) is 38.3 Å². The normalized spacial score (nSPS) is 10.2. The van der Waals surface area contributed by atoms with Gasteiger partial charge >= 0.3 is 0 Å². The summed E-state index contributed by atoms with van der Waals surface area (Å²) in [6.07, 6.45) is 0.570. The van der Waals surface area contributed by atoms with Crippen LogP contribution >= 0.6 is 11.6 Å². The second kappa shape index (κ2) is 7.64. The van der Waals surface area contributed by atoms with Gasteiger partial charge in [0.05, 0.1) is 0 Å². The van der Waals surface area contributed by atoms with Gasteiger partial charge in [0.1, 0.15) is 11.6 Å². The van der Waals surface area contributed by atoms with Crippen LogP contribution in [0, 0.1) is 5.82 Å². The van der Waals surface area contributed by atoms with E-state index in [4.69, 9.17) is 16.3 Å². The predicted octanol–water partition coefficient (Wildman–Crippen LogP) is 3.22. The summed E-state index contributed by atoms with van der Waals surface area (Å²) >= 11 is 5.81. The molecular weight excluding hydrogens is 293 g/mol. The smallest absolute Gasteiger partial charge is 0.257 e. The average molecular weight is 308 g/mol. The van der Waals surface area contributed by atoms with Crippen molar-refractivity contribution in [2.24, 2.45) is 0 Å². The van der Waals surface area contributed by atoms with Crippen molar-refractivity contribution in [3.05, 3.63) is 64.9 Å². The van der Waals surface area contributed by atoms with E-state index in [1.807, 2.05) is 6.07 Å². The van der Waals surface area contributed by atoms with E-state index < -0.39 is 0 Å². The van der Waals surface area contributed by atoms with Gasteiger partial charge in [0.25, 0.3) is 5.91 Å². The number of carbonyl (C=O) groups is 1. The van der Waals surface area contributed by atoms with E-state index in [2.05, 4.69) is 5.32 Å². The van der Waals surface area contributed by atoms with Gasteiger partial charge < -0.3 is 10.1 Å². The molecule has 0 atom stereocenters. The Labute approximate surface area is 127 Å². The van der Waals surface area contributed by atoms with E-state index in [1.54, 1.807) is 30.3 Å². The Bertz CT molecular complexity index is 619. The molecule has 2 aromatic rings. The van der Waals surface area contributed by atoms with Gasteiger partial charge in [0, 0.05) is 11.6 Å². The molecule has 0 aliphatic rings. The van der Waals surface area contributed by atoms with Gasteiger partial charge in [0.2, 0.25) is 0 Å². The first-order valence-corrected chi connectivity index (χ1v) is 6.91. The molecular formula is C16H15ClFNO2. The molecule has 0 spiro atoms. The molecule has 2 aromatic carbocycles. The SMILES string of the molecule is O=C(COc1cccc(Cl)c1)NCCc1cccc(F)c1. The summed E-state index contributed by atoms with van der Waals surface area (Å²) in [6.45, 7) is 0.352.